The molecule has 2 rings (SSSR count). The first-order valence-electron chi connectivity index (χ1n) is 5.36. The highest BCUT2D eigenvalue weighted by atomic mass is 32.1. The van der Waals surface area contributed by atoms with Gasteiger partial charge < -0.3 is 15.8 Å². The highest BCUT2D eigenvalue weighted by Gasteiger charge is 2.35. The fourth-order valence-electron chi connectivity index (χ4n) is 1.86. The molecule has 4 nitrogen and oxygen atoms in total. The largest absolute Gasteiger partial charge is 0.392 e. The molecule has 1 amide bonds. The van der Waals surface area contributed by atoms with Crippen LogP contribution in [0.2, 0.25) is 0 Å². The molecule has 2 aliphatic rings. The third-order valence-corrected chi connectivity index (χ3v) is 3.25. The molecule has 0 bridgehead atoms. The number of ether oxygens (including phenoxy) is 1. The van der Waals surface area contributed by atoms with Gasteiger partial charge in [-0.2, -0.15) is 0 Å². The Bertz CT molecular complexity index is 273. The minimum atomic E-state index is -0.104. The van der Waals surface area contributed by atoms with E-state index in [4.69, 9.17) is 22.7 Å². The molecule has 0 aromatic rings. The van der Waals surface area contributed by atoms with Crippen LogP contribution >= 0.6 is 12.2 Å². The maximum Gasteiger partial charge on any atom is 0.226 e. The Labute approximate surface area is 94.5 Å². The van der Waals surface area contributed by atoms with E-state index in [0.29, 0.717) is 24.1 Å². The fraction of sp³-hybridized carbons (Fsp3) is 0.800. The van der Waals surface area contributed by atoms with Gasteiger partial charge in [-0.15, -0.1) is 0 Å². The monoisotopic (exact) mass is 228 g/mol. The summed E-state index contributed by atoms with van der Waals surface area (Å²) in [6, 6.07) is -0.104. The van der Waals surface area contributed by atoms with E-state index >= 15 is 0 Å². The predicted molar refractivity (Wildman–Crippen MR) is 60.4 cm³/mol. The van der Waals surface area contributed by atoms with Crippen molar-refractivity contribution >= 4 is 23.1 Å². The van der Waals surface area contributed by atoms with Crippen molar-refractivity contribution in [1.82, 2.24) is 5.32 Å². The van der Waals surface area contributed by atoms with Crippen LogP contribution in [-0.2, 0) is 9.53 Å². The van der Waals surface area contributed by atoms with Crippen molar-refractivity contribution in [3.63, 3.8) is 0 Å². The van der Waals surface area contributed by atoms with Crippen molar-refractivity contribution in [3.8, 4) is 0 Å². The number of amides is 1. The summed E-state index contributed by atoms with van der Waals surface area (Å²) in [5, 5.41) is 2.94. The molecule has 0 aromatic carbocycles. The van der Waals surface area contributed by atoms with Crippen LogP contribution in [-0.4, -0.2) is 30.2 Å². The average molecular weight is 228 g/mol. The smallest absolute Gasteiger partial charge is 0.226 e. The first kappa shape index (κ1) is 10.8. The lowest BCUT2D eigenvalue weighted by Crippen LogP contribution is -2.47. The molecule has 15 heavy (non-hydrogen) atoms. The zero-order chi connectivity index (χ0) is 10.8. The molecule has 2 unspecified atom stereocenters. The Morgan fingerprint density at radius 1 is 1.47 bits per heavy atom. The van der Waals surface area contributed by atoms with Gasteiger partial charge in [-0.1, -0.05) is 12.2 Å². The van der Waals surface area contributed by atoms with Crippen molar-refractivity contribution in [2.24, 2.45) is 17.6 Å². The molecule has 1 saturated carbocycles. The van der Waals surface area contributed by atoms with Crippen LogP contribution in [0.25, 0.3) is 0 Å². The number of hydrogen-bond donors (Lipinski definition) is 2. The van der Waals surface area contributed by atoms with Gasteiger partial charge in [0.05, 0.1) is 23.6 Å². The molecule has 2 atom stereocenters. The lowest BCUT2D eigenvalue weighted by molar-refractivity contribution is -0.125. The summed E-state index contributed by atoms with van der Waals surface area (Å²) in [4.78, 5) is 12.2. The van der Waals surface area contributed by atoms with E-state index < -0.39 is 0 Å². The summed E-state index contributed by atoms with van der Waals surface area (Å²) in [6.45, 7) is 1.21. The van der Waals surface area contributed by atoms with Crippen LogP contribution in [0.5, 0.6) is 0 Å². The van der Waals surface area contributed by atoms with Crippen LogP contribution in [0.4, 0.5) is 0 Å². The van der Waals surface area contributed by atoms with Crippen molar-refractivity contribution < 1.29 is 9.53 Å². The molecule has 1 saturated heterocycles. The van der Waals surface area contributed by atoms with E-state index in [1.807, 2.05) is 0 Å². The standard InChI is InChI=1S/C10H16N2O2S/c11-9(15)8(6-1-2-6)12-10(13)7-3-4-14-5-7/h6-8H,1-5H2,(H2,11,15)(H,12,13). The molecule has 1 aliphatic carbocycles. The van der Waals surface area contributed by atoms with Gasteiger partial charge in [-0.25, -0.2) is 0 Å². The van der Waals surface area contributed by atoms with E-state index in [1.54, 1.807) is 0 Å². The minimum Gasteiger partial charge on any atom is -0.392 e. The predicted octanol–water partition coefficient (Wildman–Crippen LogP) is 0.204. The van der Waals surface area contributed by atoms with Gasteiger partial charge in [-0.3, -0.25) is 4.79 Å². The number of hydrogen-bond acceptors (Lipinski definition) is 3. The molecule has 3 N–H and O–H groups in total. The van der Waals surface area contributed by atoms with Gasteiger partial charge in [0.2, 0.25) is 5.91 Å². The average Bonchev–Trinajstić information content (AvgIpc) is 2.87. The molecular formula is C10H16N2O2S. The summed E-state index contributed by atoms with van der Waals surface area (Å²) in [6.07, 6.45) is 3.04. The van der Waals surface area contributed by atoms with E-state index in [9.17, 15) is 4.79 Å². The van der Waals surface area contributed by atoms with Crippen molar-refractivity contribution in [1.29, 1.82) is 0 Å². The Morgan fingerprint density at radius 3 is 2.67 bits per heavy atom. The third kappa shape index (κ3) is 2.66. The molecule has 2 fully saturated rings. The Hall–Kier alpha value is -0.680. The Balaban J connectivity index is 1.87. The number of carbonyl (C=O) groups excluding carboxylic acids is 1. The molecule has 0 radical (unpaired) electrons. The first-order chi connectivity index (χ1) is 7.18. The summed E-state index contributed by atoms with van der Waals surface area (Å²) in [5.41, 5.74) is 5.61. The van der Waals surface area contributed by atoms with Crippen LogP contribution in [0.15, 0.2) is 0 Å². The lowest BCUT2D eigenvalue weighted by Gasteiger charge is -2.18. The minimum absolute atomic E-state index is 0.0133. The van der Waals surface area contributed by atoms with Crippen molar-refractivity contribution in [2.45, 2.75) is 25.3 Å². The van der Waals surface area contributed by atoms with Gasteiger partial charge >= 0.3 is 0 Å². The van der Waals surface area contributed by atoms with Crippen LogP contribution < -0.4 is 11.1 Å². The molecule has 84 valence electrons. The Kier molecular flexibility index (Phi) is 3.21. The Morgan fingerprint density at radius 2 is 2.20 bits per heavy atom. The molecule has 0 aromatic heterocycles. The maximum atomic E-state index is 11.8. The number of thiocarbonyl (C=S) groups is 1. The van der Waals surface area contributed by atoms with Crippen LogP contribution in [0, 0.1) is 11.8 Å². The normalized spacial score (nSPS) is 27.3. The van der Waals surface area contributed by atoms with Gasteiger partial charge in [0.25, 0.3) is 0 Å². The number of rotatable bonds is 4. The van der Waals surface area contributed by atoms with E-state index in [2.05, 4.69) is 5.32 Å². The number of nitrogens with two attached hydrogens (primary N) is 1. The second-order valence-corrected chi connectivity index (χ2v) is 4.76. The van der Waals surface area contributed by atoms with E-state index in [0.717, 1.165) is 19.3 Å². The zero-order valence-corrected chi connectivity index (χ0v) is 9.39. The van der Waals surface area contributed by atoms with Gasteiger partial charge in [0.1, 0.15) is 0 Å². The molecule has 1 aliphatic heterocycles. The number of carbonyl (C=O) groups is 1. The fourth-order valence-corrected chi connectivity index (χ4v) is 2.11. The first-order valence-corrected chi connectivity index (χ1v) is 5.76. The van der Waals surface area contributed by atoms with E-state index in [-0.39, 0.29) is 17.9 Å². The molecular weight excluding hydrogens is 212 g/mol. The lowest BCUT2D eigenvalue weighted by atomic mass is 10.1. The van der Waals surface area contributed by atoms with Crippen molar-refractivity contribution in [3.05, 3.63) is 0 Å². The summed E-state index contributed by atoms with van der Waals surface area (Å²) in [7, 11) is 0. The molecule has 5 heteroatoms. The van der Waals surface area contributed by atoms with E-state index in [1.165, 1.54) is 0 Å². The topological polar surface area (TPSA) is 64.3 Å². The summed E-state index contributed by atoms with van der Waals surface area (Å²) < 4.78 is 5.17. The quantitative estimate of drug-likeness (QED) is 0.675. The third-order valence-electron chi connectivity index (χ3n) is 3.00. The highest BCUT2D eigenvalue weighted by Crippen LogP contribution is 2.33. The van der Waals surface area contributed by atoms with Crippen LogP contribution in [0.1, 0.15) is 19.3 Å². The second-order valence-electron chi connectivity index (χ2n) is 4.29. The van der Waals surface area contributed by atoms with Crippen LogP contribution in [0.3, 0.4) is 0 Å². The summed E-state index contributed by atoms with van der Waals surface area (Å²) >= 11 is 4.96. The van der Waals surface area contributed by atoms with Gasteiger partial charge in [-0.05, 0) is 25.2 Å². The summed E-state index contributed by atoms with van der Waals surface area (Å²) in [5.74, 6) is 0.492. The number of nitrogens with one attached hydrogen (secondary N) is 1. The van der Waals surface area contributed by atoms with Gasteiger partial charge in [0, 0.05) is 6.61 Å². The molecule has 1 heterocycles. The highest BCUT2D eigenvalue weighted by molar-refractivity contribution is 7.80. The maximum absolute atomic E-state index is 11.8. The second kappa shape index (κ2) is 4.45. The SMILES string of the molecule is NC(=S)C(NC(=O)C1CCOC1)C1CC1. The zero-order valence-electron chi connectivity index (χ0n) is 8.57. The van der Waals surface area contributed by atoms with Gasteiger partial charge in [0.15, 0.2) is 0 Å². The van der Waals surface area contributed by atoms with Crippen molar-refractivity contribution in [2.75, 3.05) is 13.2 Å². The molecule has 0 spiro atoms.